The van der Waals surface area contributed by atoms with Crippen LogP contribution in [0, 0.1) is 5.92 Å². The fourth-order valence-electron chi connectivity index (χ4n) is 1.50. The molecule has 98 valence electrons. The van der Waals surface area contributed by atoms with E-state index in [1.165, 1.54) is 15.6 Å². The van der Waals surface area contributed by atoms with Gasteiger partial charge in [0, 0.05) is 18.0 Å². The van der Waals surface area contributed by atoms with Crippen molar-refractivity contribution in [2.24, 2.45) is 5.92 Å². The molecule has 0 saturated heterocycles. The van der Waals surface area contributed by atoms with E-state index in [1.807, 2.05) is 20.8 Å². The zero-order valence-electron chi connectivity index (χ0n) is 10.3. The molecule has 1 aromatic heterocycles. The van der Waals surface area contributed by atoms with Crippen LogP contribution in [0.5, 0.6) is 0 Å². The number of rotatable bonds is 6. The van der Waals surface area contributed by atoms with E-state index in [0.717, 1.165) is 4.88 Å². The molecule has 0 aromatic carbocycles. The molecule has 0 aliphatic rings. The van der Waals surface area contributed by atoms with Gasteiger partial charge in [0.25, 0.3) is 10.0 Å². The van der Waals surface area contributed by atoms with Crippen molar-refractivity contribution in [2.45, 2.75) is 30.9 Å². The molecule has 3 nitrogen and oxygen atoms in total. The SMILES string of the molecule is CCN(CC(C)C)S(=O)(=O)c1ccc(CCl)s1. The Morgan fingerprint density at radius 1 is 1.41 bits per heavy atom. The Morgan fingerprint density at radius 2 is 2.06 bits per heavy atom. The number of sulfonamides is 1. The van der Waals surface area contributed by atoms with E-state index in [2.05, 4.69) is 0 Å². The number of halogens is 1. The topological polar surface area (TPSA) is 37.4 Å². The van der Waals surface area contributed by atoms with Crippen molar-refractivity contribution in [1.82, 2.24) is 4.31 Å². The zero-order chi connectivity index (χ0) is 13.1. The summed E-state index contributed by atoms with van der Waals surface area (Å²) in [6, 6.07) is 3.41. The summed E-state index contributed by atoms with van der Waals surface area (Å²) < 4.78 is 26.5. The number of hydrogen-bond acceptors (Lipinski definition) is 3. The van der Waals surface area contributed by atoms with Crippen LogP contribution >= 0.6 is 22.9 Å². The molecule has 17 heavy (non-hydrogen) atoms. The van der Waals surface area contributed by atoms with Gasteiger partial charge >= 0.3 is 0 Å². The molecule has 0 bridgehead atoms. The van der Waals surface area contributed by atoms with Crippen LogP contribution in [0.25, 0.3) is 0 Å². The molecule has 0 spiro atoms. The first-order chi connectivity index (χ1) is 7.91. The third-order valence-electron chi connectivity index (χ3n) is 2.28. The van der Waals surface area contributed by atoms with Crippen LogP contribution in [-0.4, -0.2) is 25.8 Å². The Bertz CT molecular complexity index is 454. The van der Waals surface area contributed by atoms with Crippen LogP contribution in [0.3, 0.4) is 0 Å². The number of thiophene rings is 1. The van der Waals surface area contributed by atoms with E-state index in [-0.39, 0.29) is 0 Å². The van der Waals surface area contributed by atoms with Gasteiger partial charge < -0.3 is 0 Å². The van der Waals surface area contributed by atoms with E-state index in [1.54, 1.807) is 12.1 Å². The lowest BCUT2D eigenvalue weighted by Crippen LogP contribution is -2.33. The highest BCUT2D eigenvalue weighted by atomic mass is 35.5. The molecular formula is C11H18ClNO2S2. The second-order valence-electron chi connectivity index (χ2n) is 4.20. The largest absolute Gasteiger partial charge is 0.252 e. The summed E-state index contributed by atoms with van der Waals surface area (Å²) in [5, 5.41) is 0. The summed E-state index contributed by atoms with van der Waals surface area (Å²) in [4.78, 5) is 0.880. The summed E-state index contributed by atoms with van der Waals surface area (Å²) in [6.07, 6.45) is 0. The first kappa shape index (κ1) is 15.0. The molecular weight excluding hydrogens is 278 g/mol. The summed E-state index contributed by atoms with van der Waals surface area (Å²) in [6.45, 7) is 6.92. The Balaban J connectivity index is 2.99. The average molecular weight is 296 g/mol. The van der Waals surface area contributed by atoms with E-state index in [4.69, 9.17) is 11.6 Å². The van der Waals surface area contributed by atoms with Gasteiger partial charge in [0.1, 0.15) is 4.21 Å². The molecule has 0 aliphatic heterocycles. The van der Waals surface area contributed by atoms with E-state index < -0.39 is 10.0 Å². The van der Waals surface area contributed by atoms with Gasteiger partial charge in [-0.1, -0.05) is 20.8 Å². The Hall–Kier alpha value is -0.100. The lowest BCUT2D eigenvalue weighted by molar-refractivity contribution is 0.382. The van der Waals surface area contributed by atoms with E-state index in [9.17, 15) is 8.42 Å². The Kier molecular flexibility index (Phi) is 5.44. The first-order valence-corrected chi connectivity index (χ1v) is 8.35. The Morgan fingerprint density at radius 3 is 2.47 bits per heavy atom. The van der Waals surface area contributed by atoms with Crippen LogP contribution in [0.4, 0.5) is 0 Å². The number of nitrogens with zero attached hydrogens (tertiary/aromatic N) is 1. The van der Waals surface area contributed by atoms with Crippen LogP contribution in [0.15, 0.2) is 16.3 Å². The molecule has 0 aliphatic carbocycles. The van der Waals surface area contributed by atoms with Gasteiger partial charge in [-0.2, -0.15) is 4.31 Å². The number of alkyl halides is 1. The normalized spacial score (nSPS) is 12.6. The van der Waals surface area contributed by atoms with Gasteiger partial charge in [0.15, 0.2) is 0 Å². The Labute approximate surface area is 112 Å². The van der Waals surface area contributed by atoms with Gasteiger partial charge in [0.05, 0.1) is 5.88 Å². The van der Waals surface area contributed by atoms with Crippen LogP contribution in [0.2, 0.25) is 0 Å². The molecule has 0 fully saturated rings. The third kappa shape index (κ3) is 3.68. The predicted molar refractivity (Wildman–Crippen MR) is 73.1 cm³/mol. The summed E-state index contributed by atoms with van der Waals surface area (Å²) in [5.74, 6) is 0.674. The first-order valence-electron chi connectivity index (χ1n) is 5.56. The average Bonchev–Trinajstić information content (AvgIpc) is 2.74. The fourth-order valence-corrected chi connectivity index (χ4v) is 4.73. The lowest BCUT2D eigenvalue weighted by atomic mass is 10.2. The molecule has 0 N–H and O–H groups in total. The zero-order valence-corrected chi connectivity index (χ0v) is 12.7. The van der Waals surface area contributed by atoms with Crippen molar-refractivity contribution in [2.75, 3.05) is 13.1 Å². The third-order valence-corrected chi connectivity index (χ3v) is 6.22. The molecule has 1 heterocycles. The molecule has 6 heteroatoms. The minimum atomic E-state index is -3.34. The van der Waals surface area contributed by atoms with Gasteiger partial charge in [-0.25, -0.2) is 8.42 Å². The maximum Gasteiger partial charge on any atom is 0.252 e. The molecule has 0 unspecified atom stereocenters. The molecule has 1 rings (SSSR count). The summed E-state index contributed by atoms with van der Waals surface area (Å²) in [7, 11) is -3.34. The van der Waals surface area contributed by atoms with E-state index in [0.29, 0.717) is 29.1 Å². The quantitative estimate of drug-likeness (QED) is 0.756. The van der Waals surface area contributed by atoms with Crippen molar-refractivity contribution in [1.29, 1.82) is 0 Å². The second kappa shape index (κ2) is 6.18. The van der Waals surface area contributed by atoms with Gasteiger partial charge in [-0.3, -0.25) is 0 Å². The van der Waals surface area contributed by atoms with Crippen molar-refractivity contribution < 1.29 is 8.42 Å². The molecule has 1 aromatic rings. The standard InChI is InChI=1S/C11H18ClNO2S2/c1-4-13(8-9(2)3)17(14,15)11-6-5-10(7-12)16-11/h5-6,9H,4,7-8H2,1-3H3. The molecule has 0 amide bonds. The second-order valence-corrected chi connectivity index (χ2v) is 7.80. The van der Waals surface area contributed by atoms with Gasteiger partial charge in [0.2, 0.25) is 0 Å². The minimum Gasteiger partial charge on any atom is -0.206 e. The predicted octanol–water partition coefficient (Wildman–Crippen LogP) is 3.15. The fraction of sp³-hybridized carbons (Fsp3) is 0.636. The van der Waals surface area contributed by atoms with Crippen LogP contribution in [0.1, 0.15) is 25.6 Å². The minimum absolute atomic E-state index is 0.317. The highest BCUT2D eigenvalue weighted by molar-refractivity contribution is 7.91. The summed E-state index contributed by atoms with van der Waals surface area (Å²) >= 11 is 6.94. The maximum atomic E-state index is 12.3. The van der Waals surface area contributed by atoms with E-state index >= 15 is 0 Å². The van der Waals surface area contributed by atoms with Crippen molar-refractivity contribution >= 4 is 33.0 Å². The molecule has 0 atom stereocenters. The monoisotopic (exact) mass is 295 g/mol. The van der Waals surface area contributed by atoms with Crippen molar-refractivity contribution in [3.8, 4) is 0 Å². The van der Waals surface area contributed by atoms with Crippen molar-refractivity contribution in [3.63, 3.8) is 0 Å². The molecule has 0 radical (unpaired) electrons. The maximum absolute atomic E-state index is 12.3. The van der Waals surface area contributed by atoms with Crippen molar-refractivity contribution in [3.05, 3.63) is 17.0 Å². The summed E-state index contributed by atoms with van der Waals surface area (Å²) in [5.41, 5.74) is 0. The van der Waals surface area contributed by atoms with Gasteiger partial charge in [-0.05, 0) is 18.1 Å². The van der Waals surface area contributed by atoms with Gasteiger partial charge in [-0.15, -0.1) is 22.9 Å². The smallest absolute Gasteiger partial charge is 0.206 e. The highest BCUT2D eigenvalue weighted by Gasteiger charge is 2.25. The number of hydrogen-bond donors (Lipinski definition) is 0. The lowest BCUT2D eigenvalue weighted by Gasteiger charge is -2.21. The van der Waals surface area contributed by atoms with Crippen LogP contribution < -0.4 is 0 Å². The van der Waals surface area contributed by atoms with Crippen LogP contribution in [-0.2, 0) is 15.9 Å². The molecule has 0 saturated carbocycles. The highest BCUT2D eigenvalue weighted by Crippen LogP contribution is 2.26.